The minimum atomic E-state index is -0.714. The zero-order chi connectivity index (χ0) is 18.4. The van der Waals surface area contributed by atoms with Gasteiger partial charge in [-0.15, -0.1) is 0 Å². The first-order valence-electron chi connectivity index (χ1n) is 9.02. The first-order valence-corrected chi connectivity index (χ1v) is 9.02. The summed E-state index contributed by atoms with van der Waals surface area (Å²) in [5, 5.41) is 2.93. The van der Waals surface area contributed by atoms with Gasteiger partial charge in [0.25, 0.3) is 0 Å². The van der Waals surface area contributed by atoms with E-state index < -0.39 is 5.54 Å². The number of ether oxygens (including phenoxy) is 2. The monoisotopic (exact) mass is 355 g/mol. The van der Waals surface area contributed by atoms with Crippen LogP contribution in [0, 0.1) is 0 Å². The third kappa shape index (κ3) is 4.52. The summed E-state index contributed by atoms with van der Waals surface area (Å²) >= 11 is 0. The molecule has 1 aliphatic carbocycles. The molecule has 0 bridgehead atoms. The molecule has 0 radical (unpaired) electrons. The molecule has 138 valence electrons. The molecule has 0 spiro atoms. The van der Waals surface area contributed by atoms with Gasteiger partial charge in [0.1, 0.15) is 11.5 Å². The topological polar surface area (TPSA) is 86.5 Å². The van der Waals surface area contributed by atoms with Gasteiger partial charge < -0.3 is 20.5 Å². The molecule has 1 aromatic carbocycles. The molecule has 2 aromatic rings. The number of amides is 1. The van der Waals surface area contributed by atoms with Gasteiger partial charge in [-0.1, -0.05) is 12.8 Å². The summed E-state index contributed by atoms with van der Waals surface area (Å²) < 4.78 is 11.2. The molecule has 0 saturated heterocycles. The van der Waals surface area contributed by atoms with Gasteiger partial charge in [0, 0.05) is 18.8 Å². The Labute approximate surface area is 153 Å². The molecule has 1 heterocycles. The lowest BCUT2D eigenvalue weighted by Gasteiger charge is -2.22. The average molecular weight is 355 g/mol. The van der Waals surface area contributed by atoms with Crippen LogP contribution in [0.2, 0.25) is 0 Å². The SMILES string of the molecule is CCOc1ccc(Oc2cc(CNC(=O)C3(N)CCCC3)ccn2)cc1. The number of carbonyl (C=O) groups is 1. The van der Waals surface area contributed by atoms with E-state index in [4.69, 9.17) is 15.2 Å². The predicted molar refractivity (Wildman–Crippen MR) is 99.2 cm³/mol. The number of hydrogen-bond donors (Lipinski definition) is 2. The number of rotatable bonds is 7. The highest BCUT2D eigenvalue weighted by molar-refractivity contribution is 5.86. The van der Waals surface area contributed by atoms with Crippen LogP contribution in [0.5, 0.6) is 17.4 Å². The van der Waals surface area contributed by atoms with Gasteiger partial charge in [-0.25, -0.2) is 4.98 Å². The van der Waals surface area contributed by atoms with E-state index >= 15 is 0 Å². The van der Waals surface area contributed by atoms with Gasteiger partial charge in [-0.2, -0.15) is 0 Å². The average Bonchev–Trinajstić information content (AvgIpc) is 3.10. The number of pyridine rings is 1. The molecule has 0 unspecified atom stereocenters. The van der Waals surface area contributed by atoms with Crippen molar-refractivity contribution in [2.24, 2.45) is 5.73 Å². The smallest absolute Gasteiger partial charge is 0.240 e. The number of hydrogen-bond acceptors (Lipinski definition) is 5. The molecular formula is C20H25N3O3. The fourth-order valence-corrected chi connectivity index (χ4v) is 3.10. The minimum Gasteiger partial charge on any atom is -0.494 e. The fraction of sp³-hybridized carbons (Fsp3) is 0.400. The van der Waals surface area contributed by atoms with Crippen LogP contribution in [0.15, 0.2) is 42.6 Å². The van der Waals surface area contributed by atoms with Gasteiger partial charge >= 0.3 is 0 Å². The van der Waals surface area contributed by atoms with E-state index in [-0.39, 0.29) is 5.91 Å². The standard InChI is InChI=1S/C20H25N3O3/c1-2-25-16-5-7-17(8-6-16)26-18-13-15(9-12-22-18)14-23-19(24)20(21)10-3-4-11-20/h5-9,12-13H,2-4,10-11,14,21H2,1H3,(H,23,24). The van der Waals surface area contributed by atoms with Crippen molar-refractivity contribution >= 4 is 5.91 Å². The lowest BCUT2D eigenvalue weighted by atomic mass is 9.98. The summed E-state index contributed by atoms with van der Waals surface area (Å²) in [7, 11) is 0. The molecule has 1 aromatic heterocycles. The van der Waals surface area contributed by atoms with Gasteiger partial charge in [-0.3, -0.25) is 4.79 Å². The molecule has 0 atom stereocenters. The van der Waals surface area contributed by atoms with Crippen molar-refractivity contribution in [1.29, 1.82) is 0 Å². The Balaban J connectivity index is 1.58. The van der Waals surface area contributed by atoms with E-state index in [1.807, 2.05) is 43.3 Å². The summed E-state index contributed by atoms with van der Waals surface area (Å²) in [5.41, 5.74) is 6.37. The third-order valence-electron chi connectivity index (χ3n) is 4.56. The molecule has 1 aliphatic rings. The zero-order valence-corrected chi connectivity index (χ0v) is 15.0. The molecule has 26 heavy (non-hydrogen) atoms. The number of aromatic nitrogens is 1. The zero-order valence-electron chi connectivity index (χ0n) is 15.0. The van der Waals surface area contributed by atoms with E-state index in [9.17, 15) is 4.79 Å². The van der Waals surface area contributed by atoms with Crippen LogP contribution in [0.3, 0.4) is 0 Å². The summed E-state index contributed by atoms with van der Waals surface area (Å²) in [6, 6.07) is 11.0. The van der Waals surface area contributed by atoms with Crippen LogP contribution in [0.25, 0.3) is 0 Å². The highest BCUT2D eigenvalue weighted by atomic mass is 16.5. The summed E-state index contributed by atoms with van der Waals surface area (Å²) in [4.78, 5) is 16.5. The van der Waals surface area contributed by atoms with Crippen molar-refractivity contribution in [3.8, 4) is 17.4 Å². The number of nitrogens with two attached hydrogens (primary N) is 1. The Kier molecular flexibility index (Phi) is 5.73. The maximum Gasteiger partial charge on any atom is 0.240 e. The molecule has 1 saturated carbocycles. The van der Waals surface area contributed by atoms with Crippen molar-refractivity contribution in [2.75, 3.05) is 6.61 Å². The number of carbonyl (C=O) groups excluding carboxylic acids is 1. The molecule has 6 heteroatoms. The molecule has 6 nitrogen and oxygen atoms in total. The van der Waals surface area contributed by atoms with Crippen LogP contribution in [0.4, 0.5) is 0 Å². The van der Waals surface area contributed by atoms with E-state index in [1.54, 1.807) is 6.20 Å². The third-order valence-corrected chi connectivity index (χ3v) is 4.56. The minimum absolute atomic E-state index is 0.0826. The number of benzene rings is 1. The van der Waals surface area contributed by atoms with Gasteiger partial charge in [-0.05, 0) is 55.7 Å². The van der Waals surface area contributed by atoms with Crippen molar-refractivity contribution in [3.63, 3.8) is 0 Å². The number of nitrogens with zero attached hydrogens (tertiary/aromatic N) is 1. The van der Waals surface area contributed by atoms with Crippen molar-refractivity contribution in [3.05, 3.63) is 48.2 Å². The Morgan fingerprint density at radius 3 is 2.58 bits per heavy atom. The molecule has 3 N–H and O–H groups in total. The summed E-state index contributed by atoms with van der Waals surface area (Å²) in [5.74, 6) is 1.87. The molecule has 0 aliphatic heterocycles. The van der Waals surface area contributed by atoms with Crippen LogP contribution in [-0.2, 0) is 11.3 Å². The van der Waals surface area contributed by atoms with E-state index in [0.29, 0.717) is 24.8 Å². The second-order valence-corrected chi connectivity index (χ2v) is 6.55. The normalized spacial score (nSPS) is 15.5. The fourth-order valence-electron chi connectivity index (χ4n) is 3.10. The van der Waals surface area contributed by atoms with Crippen LogP contribution in [-0.4, -0.2) is 23.0 Å². The van der Waals surface area contributed by atoms with Gasteiger partial charge in [0.15, 0.2) is 0 Å². The molecule has 1 fully saturated rings. The summed E-state index contributed by atoms with van der Waals surface area (Å²) in [6.45, 7) is 2.97. The highest BCUT2D eigenvalue weighted by Gasteiger charge is 2.36. The van der Waals surface area contributed by atoms with E-state index in [1.165, 1.54) is 0 Å². The highest BCUT2D eigenvalue weighted by Crippen LogP contribution is 2.27. The van der Waals surface area contributed by atoms with Crippen LogP contribution in [0.1, 0.15) is 38.2 Å². The predicted octanol–water partition coefficient (Wildman–Crippen LogP) is 3.16. The van der Waals surface area contributed by atoms with Crippen molar-refractivity contribution in [2.45, 2.75) is 44.7 Å². The van der Waals surface area contributed by atoms with E-state index in [0.717, 1.165) is 37.0 Å². The second-order valence-electron chi connectivity index (χ2n) is 6.55. The first kappa shape index (κ1) is 18.2. The second kappa shape index (κ2) is 8.19. The lowest BCUT2D eigenvalue weighted by molar-refractivity contribution is -0.126. The lowest BCUT2D eigenvalue weighted by Crippen LogP contribution is -2.51. The molecular weight excluding hydrogens is 330 g/mol. The Hall–Kier alpha value is -2.60. The largest absolute Gasteiger partial charge is 0.494 e. The molecule has 1 amide bonds. The number of nitrogens with one attached hydrogen (secondary N) is 1. The van der Waals surface area contributed by atoms with Gasteiger partial charge in [0.2, 0.25) is 11.8 Å². The quantitative estimate of drug-likeness (QED) is 0.797. The Bertz CT molecular complexity index is 740. The van der Waals surface area contributed by atoms with Crippen molar-refractivity contribution < 1.29 is 14.3 Å². The Morgan fingerprint density at radius 2 is 1.88 bits per heavy atom. The molecule has 3 rings (SSSR count). The van der Waals surface area contributed by atoms with Crippen molar-refractivity contribution in [1.82, 2.24) is 10.3 Å². The van der Waals surface area contributed by atoms with E-state index in [2.05, 4.69) is 10.3 Å². The maximum atomic E-state index is 12.3. The Morgan fingerprint density at radius 1 is 1.19 bits per heavy atom. The van der Waals surface area contributed by atoms with Crippen LogP contribution >= 0.6 is 0 Å². The summed E-state index contributed by atoms with van der Waals surface area (Å²) in [6.07, 6.45) is 5.19. The van der Waals surface area contributed by atoms with Gasteiger partial charge in [0.05, 0.1) is 12.1 Å². The maximum absolute atomic E-state index is 12.3. The first-order chi connectivity index (χ1) is 12.6. The van der Waals surface area contributed by atoms with Crippen LogP contribution < -0.4 is 20.5 Å².